The summed E-state index contributed by atoms with van der Waals surface area (Å²) >= 11 is 0. The van der Waals surface area contributed by atoms with Crippen LogP contribution in [0, 0.1) is 0 Å². The lowest BCUT2D eigenvalue weighted by atomic mass is 10.1. The third kappa shape index (κ3) is 4.07. The van der Waals surface area contributed by atoms with Gasteiger partial charge >= 0.3 is 0 Å². The van der Waals surface area contributed by atoms with Crippen LogP contribution in [0.4, 0.5) is 0 Å². The first kappa shape index (κ1) is 18.6. The molecular weight excluding hydrogens is 376 g/mol. The topological polar surface area (TPSA) is 86.1 Å². The molecule has 28 heavy (non-hydrogen) atoms. The Kier molecular flexibility index (Phi) is 5.15. The van der Waals surface area contributed by atoms with Crippen molar-refractivity contribution in [3.8, 4) is 11.6 Å². The fraction of sp³-hybridized carbons (Fsp3) is 0.300. The number of rotatable bonds is 6. The summed E-state index contributed by atoms with van der Waals surface area (Å²) in [6.07, 6.45) is 8.82. The number of hydrogen-bond donors (Lipinski definition) is 1. The Bertz CT molecular complexity index is 1080. The van der Waals surface area contributed by atoms with E-state index in [9.17, 15) is 8.42 Å². The van der Waals surface area contributed by atoms with Crippen LogP contribution >= 0.6 is 0 Å². The van der Waals surface area contributed by atoms with E-state index in [0.717, 1.165) is 30.8 Å². The van der Waals surface area contributed by atoms with Crippen LogP contribution in [-0.4, -0.2) is 29.2 Å². The molecule has 1 N–H and O–H groups in total. The molecule has 146 valence electrons. The molecule has 3 heterocycles. The van der Waals surface area contributed by atoms with Crippen molar-refractivity contribution in [3.63, 3.8) is 0 Å². The highest BCUT2D eigenvalue weighted by atomic mass is 32.2. The fourth-order valence-electron chi connectivity index (χ4n) is 3.37. The Balaban J connectivity index is 1.51. The van der Waals surface area contributed by atoms with Gasteiger partial charge in [0.05, 0.1) is 10.9 Å². The predicted octanol–water partition coefficient (Wildman–Crippen LogP) is 3.10. The maximum absolute atomic E-state index is 11.8. The van der Waals surface area contributed by atoms with Crippen LogP contribution in [-0.2, 0) is 22.9 Å². The van der Waals surface area contributed by atoms with E-state index in [1.54, 1.807) is 24.4 Å². The van der Waals surface area contributed by atoms with Crippen molar-refractivity contribution in [1.29, 1.82) is 0 Å². The number of ether oxygens (including phenoxy) is 1. The Hall–Kier alpha value is -2.71. The number of nitrogens with one attached hydrogen (secondary N) is 1. The molecule has 0 radical (unpaired) electrons. The van der Waals surface area contributed by atoms with E-state index in [-0.39, 0.29) is 10.9 Å². The number of pyridine rings is 1. The largest absolute Gasteiger partial charge is 0.439 e. The van der Waals surface area contributed by atoms with Crippen molar-refractivity contribution in [2.45, 2.75) is 36.9 Å². The summed E-state index contributed by atoms with van der Waals surface area (Å²) in [6, 6.07) is 10.4. The van der Waals surface area contributed by atoms with Gasteiger partial charge in [-0.1, -0.05) is 12.1 Å². The molecule has 0 bridgehead atoms. The molecule has 1 unspecified atom stereocenters. The summed E-state index contributed by atoms with van der Waals surface area (Å²) in [5.41, 5.74) is 0.899. The van der Waals surface area contributed by atoms with Crippen molar-refractivity contribution < 1.29 is 13.2 Å². The quantitative estimate of drug-likeness (QED) is 0.687. The van der Waals surface area contributed by atoms with Gasteiger partial charge in [0.15, 0.2) is 9.84 Å². The van der Waals surface area contributed by atoms with E-state index in [2.05, 4.69) is 19.9 Å². The standard InChI is InChI=1S/C20H22N4O3S/c1-28(25,26)17-7-2-6-16(13-17)27-20-15(5-3-9-22-20)14-23-18-8-4-11-24-12-10-21-19(18)24/h2-3,5-7,9-10,12-13,18,23H,4,8,11,14H2,1H3. The molecule has 1 atom stereocenters. The monoisotopic (exact) mass is 398 g/mol. The smallest absolute Gasteiger partial charge is 0.223 e. The molecule has 0 spiro atoms. The van der Waals surface area contributed by atoms with Crippen molar-refractivity contribution in [3.05, 3.63) is 66.4 Å². The van der Waals surface area contributed by atoms with Gasteiger partial charge in [0.1, 0.15) is 11.6 Å². The van der Waals surface area contributed by atoms with Gasteiger partial charge < -0.3 is 14.6 Å². The molecule has 0 aliphatic carbocycles. The first-order chi connectivity index (χ1) is 13.5. The van der Waals surface area contributed by atoms with Crippen LogP contribution in [0.25, 0.3) is 0 Å². The molecule has 1 aromatic carbocycles. The molecule has 8 heteroatoms. The van der Waals surface area contributed by atoms with Gasteiger partial charge in [-0.2, -0.15) is 0 Å². The number of sulfone groups is 1. The highest BCUT2D eigenvalue weighted by molar-refractivity contribution is 7.90. The number of fused-ring (bicyclic) bond motifs is 1. The Morgan fingerprint density at radius 3 is 2.96 bits per heavy atom. The van der Waals surface area contributed by atoms with Gasteiger partial charge in [-0.05, 0) is 37.1 Å². The summed E-state index contributed by atoms with van der Waals surface area (Å²) in [7, 11) is -3.30. The van der Waals surface area contributed by atoms with Crippen LogP contribution in [0.15, 0.2) is 59.9 Å². The molecule has 0 fully saturated rings. The van der Waals surface area contributed by atoms with E-state index in [1.807, 2.05) is 24.5 Å². The summed E-state index contributed by atoms with van der Waals surface area (Å²) in [5.74, 6) is 1.95. The van der Waals surface area contributed by atoms with Gasteiger partial charge in [-0.3, -0.25) is 0 Å². The minimum absolute atomic E-state index is 0.186. The van der Waals surface area contributed by atoms with E-state index < -0.39 is 9.84 Å². The zero-order chi connectivity index (χ0) is 19.6. The lowest BCUT2D eigenvalue weighted by Crippen LogP contribution is -2.28. The van der Waals surface area contributed by atoms with Gasteiger partial charge in [0, 0.05) is 43.5 Å². The van der Waals surface area contributed by atoms with Crippen molar-refractivity contribution in [2.75, 3.05) is 6.26 Å². The maximum Gasteiger partial charge on any atom is 0.223 e. The third-order valence-electron chi connectivity index (χ3n) is 4.79. The maximum atomic E-state index is 11.8. The summed E-state index contributed by atoms with van der Waals surface area (Å²) in [4.78, 5) is 9.02. The highest BCUT2D eigenvalue weighted by Crippen LogP contribution is 2.27. The van der Waals surface area contributed by atoms with Crippen molar-refractivity contribution >= 4 is 9.84 Å². The van der Waals surface area contributed by atoms with Gasteiger partial charge in [0.25, 0.3) is 0 Å². The predicted molar refractivity (Wildman–Crippen MR) is 105 cm³/mol. The van der Waals surface area contributed by atoms with E-state index >= 15 is 0 Å². The van der Waals surface area contributed by atoms with Crippen LogP contribution in [0.5, 0.6) is 11.6 Å². The zero-order valence-corrected chi connectivity index (χ0v) is 16.4. The Labute approximate surface area is 164 Å². The molecule has 0 saturated heterocycles. The van der Waals surface area contributed by atoms with Crippen LogP contribution in [0.2, 0.25) is 0 Å². The zero-order valence-electron chi connectivity index (χ0n) is 15.6. The summed E-state index contributed by atoms with van der Waals surface area (Å²) in [6.45, 7) is 1.58. The number of imidazole rings is 1. The summed E-state index contributed by atoms with van der Waals surface area (Å²) in [5, 5.41) is 3.54. The first-order valence-corrected chi connectivity index (χ1v) is 11.1. The van der Waals surface area contributed by atoms with Crippen molar-refractivity contribution in [1.82, 2.24) is 19.9 Å². The minimum Gasteiger partial charge on any atom is -0.439 e. The molecule has 1 aliphatic heterocycles. The van der Waals surface area contributed by atoms with Crippen LogP contribution < -0.4 is 10.1 Å². The number of aryl methyl sites for hydroxylation is 1. The lowest BCUT2D eigenvalue weighted by molar-refractivity contribution is 0.380. The number of benzene rings is 1. The SMILES string of the molecule is CS(=O)(=O)c1cccc(Oc2ncccc2CNC2CCCn3ccnc32)c1. The molecular formula is C20H22N4O3S. The second-order valence-corrected chi connectivity index (χ2v) is 8.89. The van der Waals surface area contributed by atoms with E-state index in [1.165, 1.54) is 12.3 Å². The first-order valence-electron chi connectivity index (χ1n) is 9.17. The van der Waals surface area contributed by atoms with Gasteiger partial charge in [0.2, 0.25) is 5.88 Å². The van der Waals surface area contributed by atoms with E-state index in [4.69, 9.17) is 4.74 Å². The van der Waals surface area contributed by atoms with Crippen molar-refractivity contribution in [2.24, 2.45) is 0 Å². The second kappa shape index (κ2) is 7.73. The molecule has 7 nitrogen and oxygen atoms in total. The molecule has 3 aromatic rings. The lowest BCUT2D eigenvalue weighted by Gasteiger charge is -2.24. The summed E-state index contributed by atoms with van der Waals surface area (Å²) < 4.78 is 31.6. The minimum atomic E-state index is -3.30. The number of aromatic nitrogens is 3. The normalized spacial score (nSPS) is 16.5. The average Bonchev–Trinajstić information content (AvgIpc) is 3.16. The Morgan fingerprint density at radius 2 is 2.11 bits per heavy atom. The molecule has 1 aliphatic rings. The van der Waals surface area contributed by atoms with Gasteiger partial charge in [-0.15, -0.1) is 0 Å². The molecule has 2 aromatic heterocycles. The van der Waals surface area contributed by atoms with Crippen LogP contribution in [0.1, 0.15) is 30.3 Å². The third-order valence-corrected chi connectivity index (χ3v) is 5.90. The Morgan fingerprint density at radius 1 is 1.21 bits per heavy atom. The van der Waals surface area contributed by atoms with Crippen LogP contribution in [0.3, 0.4) is 0 Å². The second-order valence-electron chi connectivity index (χ2n) is 6.87. The average molecular weight is 398 g/mol. The van der Waals surface area contributed by atoms with E-state index in [0.29, 0.717) is 18.2 Å². The molecule has 4 rings (SSSR count). The number of hydrogen-bond acceptors (Lipinski definition) is 6. The highest BCUT2D eigenvalue weighted by Gasteiger charge is 2.21. The molecule has 0 amide bonds. The van der Waals surface area contributed by atoms with Gasteiger partial charge in [-0.25, -0.2) is 18.4 Å². The number of nitrogens with zero attached hydrogens (tertiary/aromatic N) is 3. The fourth-order valence-corrected chi connectivity index (χ4v) is 4.03. The molecule has 0 saturated carbocycles.